The van der Waals surface area contributed by atoms with Crippen molar-refractivity contribution in [1.82, 2.24) is 9.97 Å². The van der Waals surface area contributed by atoms with Crippen LogP contribution in [0, 0.1) is 5.41 Å². The molecule has 142 valence electrons. The Morgan fingerprint density at radius 2 is 1.82 bits per heavy atom. The van der Waals surface area contributed by atoms with Gasteiger partial charge in [0.05, 0.1) is 27.4 Å². The fraction of sp³-hybridized carbons (Fsp3) is 0.318. The number of ether oxygens (including phenoxy) is 1. The SMILES string of the molecule is CC1(C)C2CCC1(C(=O)Oc1ccc(Cl)cc1Cl)c1nc3ccccc3nc12. The predicted octanol–water partition coefficient (Wildman–Crippen LogP) is 5.70. The minimum Gasteiger partial charge on any atom is -0.424 e. The Bertz CT molecular complexity index is 1140. The summed E-state index contributed by atoms with van der Waals surface area (Å²) >= 11 is 12.2. The van der Waals surface area contributed by atoms with E-state index in [0.717, 1.165) is 28.8 Å². The number of fused-ring (bicyclic) bond motifs is 6. The molecule has 5 rings (SSSR count). The first-order chi connectivity index (χ1) is 13.3. The second kappa shape index (κ2) is 5.91. The van der Waals surface area contributed by atoms with Crippen molar-refractivity contribution >= 4 is 40.2 Å². The fourth-order valence-electron chi connectivity index (χ4n) is 5.02. The normalized spacial score (nSPS) is 24.4. The third-order valence-corrected chi connectivity index (χ3v) is 7.09. The number of hydrogen-bond donors (Lipinski definition) is 0. The van der Waals surface area contributed by atoms with Crippen molar-refractivity contribution < 1.29 is 9.53 Å². The molecule has 2 atom stereocenters. The zero-order valence-corrected chi connectivity index (χ0v) is 17.0. The molecular weight excluding hydrogens is 395 g/mol. The Morgan fingerprint density at radius 1 is 1.11 bits per heavy atom. The molecule has 0 radical (unpaired) electrons. The van der Waals surface area contributed by atoms with E-state index in [0.29, 0.717) is 22.2 Å². The number of halogens is 2. The summed E-state index contributed by atoms with van der Waals surface area (Å²) in [6.07, 6.45) is 1.57. The molecule has 0 saturated heterocycles. The summed E-state index contributed by atoms with van der Waals surface area (Å²) in [4.78, 5) is 23.3. The number of carbonyl (C=O) groups excluding carboxylic acids is 1. The number of esters is 1. The Morgan fingerprint density at radius 3 is 2.54 bits per heavy atom. The molecule has 0 amide bonds. The minimum absolute atomic E-state index is 0.174. The van der Waals surface area contributed by atoms with Gasteiger partial charge in [-0.05, 0) is 48.6 Å². The lowest BCUT2D eigenvalue weighted by molar-refractivity contribution is -0.144. The lowest BCUT2D eigenvalue weighted by atomic mass is 9.68. The number of aromatic nitrogens is 2. The Kier molecular flexibility index (Phi) is 3.78. The quantitative estimate of drug-likeness (QED) is 0.400. The number of rotatable bonds is 2. The van der Waals surface area contributed by atoms with Gasteiger partial charge in [-0.2, -0.15) is 0 Å². The summed E-state index contributed by atoms with van der Waals surface area (Å²) in [6.45, 7) is 4.23. The molecule has 1 saturated carbocycles. The second-order valence-corrected chi connectivity index (χ2v) is 8.97. The molecule has 0 aliphatic heterocycles. The summed E-state index contributed by atoms with van der Waals surface area (Å²) in [6, 6.07) is 12.6. The third-order valence-electron chi connectivity index (χ3n) is 6.56. The lowest BCUT2D eigenvalue weighted by Gasteiger charge is -2.35. The average molecular weight is 413 g/mol. The summed E-state index contributed by atoms with van der Waals surface area (Å²) < 4.78 is 5.81. The predicted molar refractivity (Wildman–Crippen MR) is 109 cm³/mol. The first-order valence-corrected chi connectivity index (χ1v) is 10.0. The van der Waals surface area contributed by atoms with Crippen LogP contribution in [0.15, 0.2) is 42.5 Å². The van der Waals surface area contributed by atoms with Gasteiger partial charge >= 0.3 is 5.97 Å². The molecular formula is C22H18Cl2N2O2. The highest BCUT2D eigenvalue weighted by Crippen LogP contribution is 2.67. The van der Waals surface area contributed by atoms with Crippen LogP contribution in [0.2, 0.25) is 10.0 Å². The van der Waals surface area contributed by atoms with E-state index in [2.05, 4.69) is 13.8 Å². The van der Waals surface area contributed by atoms with Crippen molar-refractivity contribution in [3.05, 3.63) is 63.9 Å². The molecule has 6 heteroatoms. The lowest BCUT2D eigenvalue weighted by Crippen LogP contribution is -2.46. The standard InChI is InChI=1S/C22H18Cl2N2O2/c1-21(2)13-9-10-22(21,20(27)28-17-8-7-12(23)11-14(17)24)19-18(13)25-15-5-3-4-6-16(15)26-19/h3-8,11,13H,9-10H2,1-2H3. The van der Waals surface area contributed by atoms with E-state index in [1.165, 1.54) is 0 Å². The zero-order valence-electron chi connectivity index (χ0n) is 15.5. The number of hydrogen-bond acceptors (Lipinski definition) is 4. The van der Waals surface area contributed by atoms with E-state index in [1.807, 2.05) is 24.3 Å². The van der Waals surface area contributed by atoms with E-state index < -0.39 is 5.41 Å². The topological polar surface area (TPSA) is 52.1 Å². The van der Waals surface area contributed by atoms with Crippen LogP contribution in [0.1, 0.15) is 44.0 Å². The fourth-order valence-corrected chi connectivity index (χ4v) is 5.47. The monoisotopic (exact) mass is 412 g/mol. The molecule has 2 aromatic carbocycles. The van der Waals surface area contributed by atoms with Crippen LogP contribution in [0.3, 0.4) is 0 Å². The maximum Gasteiger partial charge on any atom is 0.324 e. The maximum absolute atomic E-state index is 13.6. The van der Waals surface area contributed by atoms with Gasteiger partial charge in [0, 0.05) is 10.9 Å². The highest BCUT2D eigenvalue weighted by Gasteiger charge is 2.69. The zero-order chi connectivity index (χ0) is 19.7. The van der Waals surface area contributed by atoms with Gasteiger partial charge in [0.15, 0.2) is 0 Å². The number of carbonyl (C=O) groups is 1. The highest BCUT2D eigenvalue weighted by molar-refractivity contribution is 6.35. The molecule has 0 N–H and O–H groups in total. The van der Waals surface area contributed by atoms with Gasteiger partial charge in [-0.1, -0.05) is 49.2 Å². The van der Waals surface area contributed by atoms with Crippen LogP contribution in [0.4, 0.5) is 0 Å². The first kappa shape index (κ1) is 17.9. The van der Waals surface area contributed by atoms with E-state index >= 15 is 0 Å². The van der Waals surface area contributed by atoms with Crippen molar-refractivity contribution in [1.29, 1.82) is 0 Å². The van der Waals surface area contributed by atoms with Crippen LogP contribution in [0.5, 0.6) is 5.75 Å². The van der Waals surface area contributed by atoms with Gasteiger partial charge in [0.25, 0.3) is 0 Å². The summed E-state index contributed by atoms with van der Waals surface area (Å²) in [5.74, 6) is 0.160. The first-order valence-electron chi connectivity index (χ1n) is 9.29. The van der Waals surface area contributed by atoms with E-state index in [-0.39, 0.29) is 17.3 Å². The minimum atomic E-state index is -0.840. The number of benzene rings is 2. The third kappa shape index (κ3) is 2.22. The average Bonchev–Trinajstić information content (AvgIpc) is 3.04. The Balaban J connectivity index is 1.65. The van der Waals surface area contributed by atoms with Crippen molar-refractivity contribution in [2.75, 3.05) is 0 Å². The van der Waals surface area contributed by atoms with Crippen LogP contribution in [-0.4, -0.2) is 15.9 Å². The molecule has 2 aliphatic carbocycles. The molecule has 28 heavy (non-hydrogen) atoms. The van der Waals surface area contributed by atoms with Crippen LogP contribution in [0.25, 0.3) is 11.0 Å². The van der Waals surface area contributed by atoms with Crippen LogP contribution < -0.4 is 4.74 Å². The molecule has 1 heterocycles. The van der Waals surface area contributed by atoms with Crippen molar-refractivity contribution in [2.45, 2.75) is 38.0 Å². The van der Waals surface area contributed by atoms with Gasteiger partial charge in [-0.25, -0.2) is 9.97 Å². The van der Waals surface area contributed by atoms with E-state index in [4.69, 9.17) is 37.9 Å². The highest BCUT2D eigenvalue weighted by atomic mass is 35.5. The van der Waals surface area contributed by atoms with Gasteiger partial charge in [-0.15, -0.1) is 0 Å². The summed E-state index contributed by atoms with van der Waals surface area (Å²) in [5.41, 5.74) is 2.14. The Hall–Kier alpha value is -2.17. The Labute approximate surface area is 172 Å². The molecule has 2 unspecified atom stereocenters. The van der Waals surface area contributed by atoms with Gasteiger partial charge in [-0.3, -0.25) is 4.79 Å². The molecule has 4 nitrogen and oxygen atoms in total. The van der Waals surface area contributed by atoms with Gasteiger partial charge in [0.2, 0.25) is 0 Å². The van der Waals surface area contributed by atoms with Crippen molar-refractivity contribution in [3.8, 4) is 5.75 Å². The van der Waals surface area contributed by atoms with Gasteiger partial charge in [0.1, 0.15) is 11.2 Å². The molecule has 3 aromatic rings. The molecule has 1 aromatic heterocycles. The molecule has 2 aliphatic rings. The molecule has 2 bridgehead atoms. The van der Waals surface area contributed by atoms with Crippen LogP contribution in [-0.2, 0) is 10.2 Å². The number of para-hydroxylation sites is 2. The van der Waals surface area contributed by atoms with Crippen molar-refractivity contribution in [3.63, 3.8) is 0 Å². The number of nitrogens with zero attached hydrogens (tertiary/aromatic N) is 2. The summed E-state index contributed by atoms with van der Waals surface area (Å²) in [7, 11) is 0. The summed E-state index contributed by atoms with van der Waals surface area (Å²) in [5, 5.41) is 0.806. The van der Waals surface area contributed by atoms with Gasteiger partial charge < -0.3 is 4.74 Å². The van der Waals surface area contributed by atoms with Crippen LogP contribution >= 0.6 is 23.2 Å². The second-order valence-electron chi connectivity index (χ2n) is 8.13. The molecule has 1 fully saturated rings. The largest absolute Gasteiger partial charge is 0.424 e. The van der Waals surface area contributed by atoms with Crippen molar-refractivity contribution in [2.24, 2.45) is 5.41 Å². The molecule has 0 spiro atoms. The smallest absolute Gasteiger partial charge is 0.324 e. The maximum atomic E-state index is 13.6. The van der Waals surface area contributed by atoms with E-state index in [9.17, 15) is 4.79 Å². The van der Waals surface area contributed by atoms with E-state index in [1.54, 1.807) is 18.2 Å².